The van der Waals surface area contributed by atoms with Crippen LogP contribution in [0.25, 0.3) is 0 Å². The third-order valence-electron chi connectivity index (χ3n) is 14.2. The highest BCUT2D eigenvalue weighted by Crippen LogP contribution is 2.42. The van der Waals surface area contributed by atoms with Crippen molar-refractivity contribution >= 4 is 23.0 Å². The van der Waals surface area contributed by atoms with E-state index in [1.54, 1.807) is 0 Å². The van der Waals surface area contributed by atoms with Gasteiger partial charge in [-0.15, -0.1) is 0 Å². The van der Waals surface area contributed by atoms with E-state index in [9.17, 15) is 0 Å². The van der Waals surface area contributed by atoms with E-state index in [0.29, 0.717) is 42.3 Å². The zero-order chi connectivity index (χ0) is 39.8. The van der Waals surface area contributed by atoms with Gasteiger partial charge in [-0.1, -0.05) is 170 Å². The highest BCUT2D eigenvalue weighted by molar-refractivity contribution is 6.31. The lowest BCUT2D eigenvalue weighted by molar-refractivity contribution is 0.135. The molecule has 7 aliphatic rings. The van der Waals surface area contributed by atoms with Crippen molar-refractivity contribution in [1.29, 1.82) is 0 Å². The minimum absolute atomic E-state index is 0.292. The Morgan fingerprint density at radius 1 is 0.458 bits per heavy atom. The predicted molar refractivity (Wildman–Crippen MR) is 247 cm³/mol. The third-order valence-corrected chi connectivity index (χ3v) is 14.6. The molecule has 0 N–H and O–H groups in total. The van der Waals surface area contributed by atoms with Crippen LogP contribution < -0.4 is 0 Å². The summed E-state index contributed by atoms with van der Waals surface area (Å²) in [5, 5.41) is 0.808. The second kappa shape index (κ2) is 19.4. The van der Waals surface area contributed by atoms with Gasteiger partial charge in [-0.3, -0.25) is 19.8 Å². The molecular formula is C54H61ClN4. The van der Waals surface area contributed by atoms with Crippen molar-refractivity contribution in [3.8, 4) is 0 Å². The predicted octanol–water partition coefficient (Wildman–Crippen LogP) is 12.1. The standard InChI is InChI=1S/C27H27ClN2.C27H34N2/c28-24-14-8-7-13-23(24)19-29-26-22-15-17-30(18-16-22)27(26)25(20-9-3-1-4-10-20)21-11-5-2-6-12-21;1-4-10-21(11-5-1)20-28-26-24-16-18-29(19-17-24)27(26)25(22-12-6-2-7-13-22)23-14-8-3-9-15-23/h1-14,22,25,27H,15-19H2;2-3,6-9,12-15,21,24-25,27H,1,4-5,10-11,16-20H2. The molecule has 5 heteroatoms. The number of rotatable bonds is 10. The molecule has 7 fully saturated rings. The zero-order valence-electron chi connectivity index (χ0n) is 34.7. The van der Waals surface area contributed by atoms with Gasteiger partial charge in [-0.05, 0) is 105 Å². The number of hydrogen-bond donors (Lipinski definition) is 0. The molecule has 5 aromatic rings. The Balaban J connectivity index is 0.000000152. The van der Waals surface area contributed by atoms with Crippen molar-refractivity contribution in [2.75, 3.05) is 32.7 Å². The molecule has 6 heterocycles. The van der Waals surface area contributed by atoms with Crippen LogP contribution in [0.15, 0.2) is 156 Å². The van der Waals surface area contributed by atoms with Gasteiger partial charge in [0.25, 0.3) is 0 Å². The second-order valence-electron chi connectivity index (χ2n) is 17.7. The molecule has 1 saturated carbocycles. The highest BCUT2D eigenvalue weighted by Gasteiger charge is 2.45. The van der Waals surface area contributed by atoms with Gasteiger partial charge in [0.1, 0.15) is 0 Å². The third kappa shape index (κ3) is 9.21. The molecule has 6 aliphatic heterocycles. The Morgan fingerprint density at radius 2 is 0.847 bits per heavy atom. The van der Waals surface area contributed by atoms with Gasteiger partial charge in [0.2, 0.25) is 0 Å². The van der Waals surface area contributed by atoms with Crippen LogP contribution in [0, 0.1) is 17.8 Å². The van der Waals surface area contributed by atoms with Gasteiger partial charge in [0, 0.05) is 46.7 Å². The average molecular weight is 802 g/mol. The summed E-state index contributed by atoms with van der Waals surface area (Å²) in [5.41, 5.74) is 9.59. The maximum Gasteiger partial charge on any atom is 0.0654 e. The summed E-state index contributed by atoms with van der Waals surface area (Å²) in [4.78, 5) is 16.1. The summed E-state index contributed by atoms with van der Waals surface area (Å²) in [6.07, 6.45) is 12.1. The molecule has 0 radical (unpaired) electrons. The minimum atomic E-state index is 0.292. The molecule has 6 saturated heterocycles. The van der Waals surface area contributed by atoms with E-state index in [-0.39, 0.29) is 0 Å². The number of benzene rings is 5. The van der Waals surface area contributed by atoms with Crippen LogP contribution in [0.2, 0.25) is 5.02 Å². The van der Waals surface area contributed by atoms with Gasteiger partial charge >= 0.3 is 0 Å². The van der Waals surface area contributed by atoms with Crippen molar-refractivity contribution in [2.45, 2.75) is 88.3 Å². The van der Waals surface area contributed by atoms with Gasteiger partial charge in [-0.2, -0.15) is 0 Å². The summed E-state index contributed by atoms with van der Waals surface area (Å²) in [7, 11) is 0. The SMILES string of the molecule is Clc1ccccc1CN=C1C2CCN(CC2)C1C(c1ccccc1)c1ccccc1.c1ccc(C(c2ccccc2)C2C(=NCC3CCCCC3)C3CCN2CC3)cc1. The first-order chi connectivity index (χ1) is 29.2. The zero-order valence-corrected chi connectivity index (χ0v) is 35.4. The molecule has 1 aliphatic carbocycles. The van der Waals surface area contributed by atoms with E-state index < -0.39 is 0 Å². The Hall–Kier alpha value is -4.35. The maximum atomic E-state index is 6.43. The van der Waals surface area contributed by atoms with Crippen LogP contribution in [0.3, 0.4) is 0 Å². The van der Waals surface area contributed by atoms with Crippen molar-refractivity contribution in [2.24, 2.45) is 27.7 Å². The summed E-state index contributed by atoms with van der Waals surface area (Å²) in [5.74, 6) is 2.77. The lowest BCUT2D eigenvalue weighted by atomic mass is 9.72. The summed E-state index contributed by atoms with van der Waals surface area (Å²) in [6.45, 7) is 6.51. The van der Waals surface area contributed by atoms with Gasteiger partial charge in [-0.25, -0.2) is 0 Å². The molecule has 4 bridgehead atoms. The summed E-state index contributed by atoms with van der Waals surface area (Å²) >= 11 is 6.43. The van der Waals surface area contributed by atoms with Crippen LogP contribution in [0.4, 0.5) is 0 Å². The monoisotopic (exact) mass is 800 g/mol. The molecule has 12 rings (SSSR count). The van der Waals surface area contributed by atoms with E-state index in [2.05, 4.69) is 137 Å². The Bertz CT molecular complexity index is 2040. The molecule has 59 heavy (non-hydrogen) atoms. The molecular weight excluding hydrogens is 740 g/mol. The van der Waals surface area contributed by atoms with Gasteiger partial charge < -0.3 is 0 Å². The fourth-order valence-corrected chi connectivity index (χ4v) is 11.4. The Labute approximate surface area is 358 Å². The van der Waals surface area contributed by atoms with Crippen molar-refractivity contribution in [3.05, 3.63) is 178 Å². The number of aliphatic imine (C=N–C) groups is 2. The largest absolute Gasteiger partial charge is 0.294 e. The van der Waals surface area contributed by atoms with E-state index >= 15 is 0 Å². The number of piperidine rings is 6. The number of nitrogens with zero attached hydrogens (tertiary/aromatic N) is 4. The minimum Gasteiger partial charge on any atom is -0.294 e. The first-order valence-corrected chi connectivity index (χ1v) is 23.1. The number of fused-ring (bicyclic) bond motifs is 6. The molecule has 304 valence electrons. The lowest BCUT2D eigenvalue weighted by Crippen LogP contribution is -2.58. The summed E-state index contributed by atoms with van der Waals surface area (Å²) < 4.78 is 0. The molecule has 2 unspecified atom stereocenters. The van der Waals surface area contributed by atoms with E-state index in [1.807, 2.05) is 18.2 Å². The fourth-order valence-electron chi connectivity index (χ4n) is 11.2. The van der Waals surface area contributed by atoms with Crippen LogP contribution in [-0.2, 0) is 6.54 Å². The first kappa shape index (κ1) is 40.1. The molecule has 0 amide bonds. The molecule has 0 spiro atoms. The van der Waals surface area contributed by atoms with Gasteiger partial charge in [0.15, 0.2) is 0 Å². The van der Waals surface area contributed by atoms with Crippen molar-refractivity contribution in [1.82, 2.24) is 9.80 Å². The van der Waals surface area contributed by atoms with E-state index in [4.69, 9.17) is 21.6 Å². The maximum absolute atomic E-state index is 6.43. The van der Waals surface area contributed by atoms with E-state index in [1.165, 1.54) is 105 Å². The molecule has 4 nitrogen and oxygen atoms in total. The number of hydrogen-bond acceptors (Lipinski definition) is 4. The highest BCUT2D eigenvalue weighted by atomic mass is 35.5. The normalized spacial score (nSPS) is 26.6. The smallest absolute Gasteiger partial charge is 0.0654 e. The molecule has 5 aromatic carbocycles. The van der Waals surface area contributed by atoms with Crippen LogP contribution in [0.5, 0.6) is 0 Å². The Morgan fingerprint density at radius 3 is 1.27 bits per heavy atom. The van der Waals surface area contributed by atoms with Crippen molar-refractivity contribution in [3.63, 3.8) is 0 Å². The number of halogens is 1. The van der Waals surface area contributed by atoms with Crippen molar-refractivity contribution < 1.29 is 0 Å². The Kier molecular flexibility index (Phi) is 13.1. The van der Waals surface area contributed by atoms with Crippen LogP contribution in [-0.4, -0.2) is 66.0 Å². The topological polar surface area (TPSA) is 31.2 Å². The first-order valence-electron chi connectivity index (χ1n) is 22.7. The molecule has 0 aromatic heterocycles. The quantitative estimate of drug-likeness (QED) is 0.141. The second-order valence-corrected chi connectivity index (χ2v) is 18.1. The average Bonchev–Trinajstić information content (AvgIpc) is 3.31. The van der Waals surface area contributed by atoms with Crippen LogP contribution in [0.1, 0.15) is 97.4 Å². The van der Waals surface area contributed by atoms with Crippen LogP contribution >= 0.6 is 11.6 Å². The van der Waals surface area contributed by atoms with Gasteiger partial charge in [0.05, 0.1) is 18.6 Å². The van der Waals surface area contributed by atoms with E-state index in [0.717, 1.165) is 36.1 Å². The summed E-state index contributed by atoms with van der Waals surface area (Å²) in [6, 6.07) is 53.1. The molecule has 2 atom stereocenters. The lowest BCUT2D eigenvalue weighted by Gasteiger charge is -2.50. The fraction of sp³-hybridized carbons (Fsp3) is 0.407.